The zero-order valence-electron chi connectivity index (χ0n) is 19.7. The molecule has 4 rings (SSSR count). The van der Waals surface area contributed by atoms with Crippen LogP contribution in [0.4, 0.5) is 29.5 Å². The average molecular weight is 501 g/mol. The van der Waals surface area contributed by atoms with Crippen LogP contribution in [-0.2, 0) is 12.7 Å². The van der Waals surface area contributed by atoms with Gasteiger partial charge < -0.3 is 20.0 Å². The van der Waals surface area contributed by atoms with Gasteiger partial charge in [0.1, 0.15) is 11.6 Å². The highest BCUT2D eigenvalue weighted by Gasteiger charge is 2.40. The van der Waals surface area contributed by atoms with Crippen LogP contribution in [0.2, 0.25) is 0 Å². The molecule has 0 saturated carbocycles. The molecule has 36 heavy (non-hydrogen) atoms. The lowest BCUT2D eigenvalue weighted by molar-refractivity contribution is -0.137. The number of aliphatic hydroxyl groups is 1. The molecule has 2 aromatic carbocycles. The second-order valence-electron chi connectivity index (χ2n) is 8.52. The summed E-state index contributed by atoms with van der Waals surface area (Å²) in [4.78, 5) is 22.9. The third-order valence-electron chi connectivity index (χ3n) is 6.17. The molecule has 7 nitrogen and oxygen atoms in total. The van der Waals surface area contributed by atoms with Crippen molar-refractivity contribution >= 4 is 17.5 Å². The number of aromatic hydroxyl groups is 1. The van der Waals surface area contributed by atoms with Crippen LogP contribution in [0, 0.1) is 0 Å². The molecule has 2 N–H and O–H groups in total. The Hall–Kier alpha value is -3.79. The van der Waals surface area contributed by atoms with Crippen LogP contribution in [-0.4, -0.2) is 52.4 Å². The minimum atomic E-state index is -4.50. The lowest BCUT2D eigenvalue weighted by atomic mass is 10.0. The molecule has 0 aliphatic carbocycles. The molecule has 1 unspecified atom stereocenters. The van der Waals surface area contributed by atoms with E-state index in [1.54, 1.807) is 29.3 Å². The number of aliphatic hydroxyl groups excluding tert-OH is 1. The summed E-state index contributed by atoms with van der Waals surface area (Å²) in [5.74, 6) is 0.724. The first-order chi connectivity index (χ1) is 17.2. The molecular formula is C26H27F3N4O3. The minimum absolute atomic E-state index is 0.00355. The van der Waals surface area contributed by atoms with Crippen molar-refractivity contribution in [3.05, 3.63) is 83.6 Å². The molecule has 1 fully saturated rings. The van der Waals surface area contributed by atoms with Gasteiger partial charge in [-0.3, -0.25) is 4.90 Å². The number of rotatable bonds is 8. The van der Waals surface area contributed by atoms with Crippen molar-refractivity contribution in [1.82, 2.24) is 9.88 Å². The zero-order chi connectivity index (χ0) is 25.9. The fourth-order valence-electron chi connectivity index (χ4n) is 4.34. The summed E-state index contributed by atoms with van der Waals surface area (Å²) in [6, 6.07) is 13.6. The zero-order valence-corrected chi connectivity index (χ0v) is 19.7. The highest BCUT2D eigenvalue weighted by atomic mass is 19.4. The number of hydrogen-bond acceptors (Lipinski definition) is 5. The Kier molecular flexibility index (Phi) is 7.35. The molecule has 190 valence electrons. The molecule has 2 amide bonds. The molecule has 0 radical (unpaired) electrons. The number of carbonyl (C=O) groups excluding carboxylic acids is 1. The number of nitrogens with zero attached hydrogens (tertiary/aromatic N) is 4. The van der Waals surface area contributed by atoms with Gasteiger partial charge in [-0.15, -0.1) is 0 Å². The first-order valence-electron chi connectivity index (χ1n) is 11.6. The van der Waals surface area contributed by atoms with E-state index in [9.17, 15) is 28.2 Å². The maximum atomic E-state index is 13.5. The molecule has 10 heteroatoms. The number of alkyl halides is 3. The van der Waals surface area contributed by atoms with Crippen LogP contribution in [0.1, 0.15) is 29.7 Å². The monoisotopic (exact) mass is 500 g/mol. The molecule has 0 bridgehead atoms. The Morgan fingerprint density at radius 1 is 1.11 bits per heavy atom. The van der Waals surface area contributed by atoms with Crippen molar-refractivity contribution in [3.8, 4) is 5.75 Å². The average Bonchev–Trinajstić information content (AvgIpc) is 3.19. The van der Waals surface area contributed by atoms with Crippen LogP contribution in [0.15, 0.2) is 66.9 Å². The van der Waals surface area contributed by atoms with Crippen LogP contribution in [0.5, 0.6) is 5.75 Å². The molecule has 2 heterocycles. The van der Waals surface area contributed by atoms with Gasteiger partial charge in [-0.25, -0.2) is 9.78 Å². The molecular weight excluding hydrogens is 473 g/mol. The third kappa shape index (κ3) is 5.38. The molecule has 1 aliphatic heterocycles. The van der Waals surface area contributed by atoms with Gasteiger partial charge in [0.15, 0.2) is 0 Å². The number of anilines is 2. The molecule has 1 aliphatic rings. The number of halogens is 3. The van der Waals surface area contributed by atoms with E-state index in [1.165, 1.54) is 23.1 Å². The van der Waals surface area contributed by atoms with Crippen molar-refractivity contribution in [1.29, 1.82) is 0 Å². The maximum Gasteiger partial charge on any atom is 0.416 e. The first-order valence-corrected chi connectivity index (χ1v) is 11.6. The number of aromatic nitrogens is 1. The molecule has 3 aromatic rings. The van der Waals surface area contributed by atoms with Crippen molar-refractivity contribution in [2.75, 3.05) is 36.0 Å². The summed E-state index contributed by atoms with van der Waals surface area (Å²) in [6.45, 7) is 3.49. The standard InChI is InChI=1S/C26H27F3N4O3/c1-2-31(12-13-34)24-11-6-18(15-30-24)16-32-17-23(19-4-3-5-20(14-19)26(27,28)29)33(25(32)36)21-7-9-22(35)10-8-21/h3-11,14-15,23,34-35H,2,12-13,16-17H2,1H3. The quantitative estimate of drug-likeness (QED) is 0.464. The number of urea groups is 1. The summed E-state index contributed by atoms with van der Waals surface area (Å²) in [7, 11) is 0. The molecule has 1 aromatic heterocycles. The maximum absolute atomic E-state index is 13.5. The Balaban J connectivity index is 1.63. The van der Waals surface area contributed by atoms with Crippen molar-refractivity contribution in [3.63, 3.8) is 0 Å². The van der Waals surface area contributed by atoms with Crippen molar-refractivity contribution in [2.45, 2.75) is 25.7 Å². The highest BCUT2D eigenvalue weighted by molar-refractivity contribution is 5.95. The van der Waals surface area contributed by atoms with Gasteiger partial charge in [-0.2, -0.15) is 13.2 Å². The van der Waals surface area contributed by atoms with E-state index in [-0.39, 0.29) is 31.5 Å². The summed E-state index contributed by atoms with van der Waals surface area (Å²) < 4.78 is 40.1. The number of hydrogen-bond donors (Lipinski definition) is 2. The second kappa shape index (κ2) is 10.4. The third-order valence-corrected chi connectivity index (χ3v) is 6.17. The van der Waals surface area contributed by atoms with Crippen LogP contribution >= 0.6 is 0 Å². The van der Waals surface area contributed by atoms with Gasteiger partial charge in [0, 0.05) is 38.1 Å². The van der Waals surface area contributed by atoms with E-state index in [1.807, 2.05) is 24.0 Å². The first kappa shape index (κ1) is 25.3. The van der Waals surface area contributed by atoms with Gasteiger partial charge >= 0.3 is 12.2 Å². The lowest BCUT2D eigenvalue weighted by Crippen LogP contribution is -2.32. The number of amides is 2. The number of phenolic OH excluding ortho intramolecular Hbond substituents is 1. The highest BCUT2D eigenvalue weighted by Crippen LogP contribution is 2.38. The Labute approximate surface area is 207 Å². The molecule has 1 atom stereocenters. The largest absolute Gasteiger partial charge is 0.508 e. The summed E-state index contributed by atoms with van der Waals surface area (Å²) >= 11 is 0. The van der Waals surface area contributed by atoms with E-state index in [0.29, 0.717) is 30.2 Å². The summed E-state index contributed by atoms with van der Waals surface area (Å²) in [5.41, 5.74) is 0.825. The van der Waals surface area contributed by atoms with Gasteiger partial charge in [-0.05, 0) is 60.5 Å². The van der Waals surface area contributed by atoms with Crippen molar-refractivity contribution < 1.29 is 28.2 Å². The van der Waals surface area contributed by atoms with Gasteiger partial charge in [0.2, 0.25) is 0 Å². The predicted molar refractivity (Wildman–Crippen MR) is 130 cm³/mol. The predicted octanol–water partition coefficient (Wildman–Crippen LogP) is 4.81. The van der Waals surface area contributed by atoms with Gasteiger partial charge in [0.05, 0.1) is 18.2 Å². The number of phenols is 1. The number of likely N-dealkylation sites (N-methyl/N-ethyl adjacent to an activating group) is 1. The normalized spacial score (nSPS) is 16.0. The van der Waals surface area contributed by atoms with E-state index in [2.05, 4.69) is 4.98 Å². The smallest absolute Gasteiger partial charge is 0.416 e. The van der Waals surface area contributed by atoms with Gasteiger partial charge in [0.25, 0.3) is 0 Å². The number of benzene rings is 2. The fourth-order valence-corrected chi connectivity index (χ4v) is 4.34. The summed E-state index contributed by atoms with van der Waals surface area (Å²) in [6.07, 6.45) is -2.84. The fraction of sp³-hybridized carbons (Fsp3) is 0.308. The Morgan fingerprint density at radius 2 is 1.86 bits per heavy atom. The lowest BCUT2D eigenvalue weighted by Gasteiger charge is -2.24. The topological polar surface area (TPSA) is 80.1 Å². The summed E-state index contributed by atoms with van der Waals surface area (Å²) in [5, 5.41) is 18.9. The number of carbonyl (C=O) groups is 1. The van der Waals surface area contributed by atoms with E-state index in [4.69, 9.17) is 0 Å². The Morgan fingerprint density at radius 3 is 2.47 bits per heavy atom. The minimum Gasteiger partial charge on any atom is -0.508 e. The van der Waals surface area contributed by atoms with E-state index >= 15 is 0 Å². The van der Waals surface area contributed by atoms with Gasteiger partial charge in [-0.1, -0.05) is 18.2 Å². The Bertz CT molecular complexity index is 1190. The molecule has 0 spiro atoms. The molecule has 1 saturated heterocycles. The SMILES string of the molecule is CCN(CCO)c1ccc(CN2CC(c3cccc(C(F)(F)F)c3)N(c3ccc(O)cc3)C2=O)cn1. The van der Waals surface area contributed by atoms with Crippen LogP contribution in [0.25, 0.3) is 0 Å². The van der Waals surface area contributed by atoms with Crippen LogP contribution in [0.3, 0.4) is 0 Å². The van der Waals surface area contributed by atoms with Crippen molar-refractivity contribution in [2.24, 2.45) is 0 Å². The van der Waals surface area contributed by atoms with E-state index in [0.717, 1.165) is 17.7 Å². The number of pyridine rings is 1. The van der Waals surface area contributed by atoms with Crippen LogP contribution < -0.4 is 9.80 Å². The second-order valence-corrected chi connectivity index (χ2v) is 8.52. The van der Waals surface area contributed by atoms with E-state index < -0.39 is 17.8 Å².